The maximum Gasteiger partial charge on any atom is 0.307 e. The Morgan fingerprint density at radius 2 is 1.74 bits per heavy atom. The van der Waals surface area contributed by atoms with Crippen LogP contribution >= 0.6 is 11.6 Å². The van der Waals surface area contributed by atoms with Gasteiger partial charge in [-0.1, -0.05) is 35.4 Å². The standard InChI is InChI=1S/C24H23ClN2O6S/c1-3-26-24(30)17-7-11-22(33-21-10-6-16(12-19(21)25)13-23(28)29)20(14-17)27(34(31)32)18-8-4-15(2)5-9-18/h4-12,14H,3,13H2,1-2H3,(H,26,30)(H,28,29)(H,31,32). The van der Waals surface area contributed by atoms with Gasteiger partial charge in [0.2, 0.25) is 0 Å². The van der Waals surface area contributed by atoms with Gasteiger partial charge < -0.3 is 15.2 Å². The second-order valence-electron chi connectivity index (χ2n) is 7.34. The highest BCUT2D eigenvalue weighted by molar-refractivity contribution is 7.81. The summed E-state index contributed by atoms with van der Waals surface area (Å²) in [6, 6.07) is 16.0. The first-order valence-corrected chi connectivity index (χ1v) is 11.7. The second kappa shape index (κ2) is 11.1. The summed E-state index contributed by atoms with van der Waals surface area (Å²) in [5.41, 5.74) is 2.31. The third-order valence-electron chi connectivity index (χ3n) is 4.77. The van der Waals surface area contributed by atoms with Crippen LogP contribution < -0.4 is 14.4 Å². The van der Waals surface area contributed by atoms with Crippen molar-refractivity contribution in [2.45, 2.75) is 20.3 Å². The third-order valence-corrected chi connectivity index (χ3v) is 5.79. The van der Waals surface area contributed by atoms with E-state index in [1.807, 2.05) is 6.92 Å². The Balaban J connectivity index is 2.09. The maximum absolute atomic E-state index is 12.4. The minimum absolute atomic E-state index is 0.166. The number of aliphatic carboxylic acids is 1. The minimum atomic E-state index is -2.50. The molecule has 3 rings (SSSR count). The molecule has 0 spiro atoms. The SMILES string of the molecule is CCNC(=O)c1ccc(Oc2ccc(CC(=O)O)cc2Cl)c(N(c2ccc(C)cc2)S(=O)O)c1. The average molecular weight is 503 g/mol. The highest BCUT2D eigenvalue weighted by Crippen LogP contribution is 2.40. The van der Waals surface area contributed by atoms with E-state index in [9.17, 15) is 18.4 Å². The first-order valence-electron chi connectivity index (χ1n) is 10.3. The van der Waals surface area contributed by atoms with Gasteiger partial charge in [-0.05, 0) is 61.9 Å². The Hall–Kier alpha value is -3.40. The first kappa shape index (κ1) is 25.2. The minimum Gasteiger partial charge on any atom is -0.481 e. The van der Waals surface area contributed by atoms with Crippen molar-refractivity contribution >= 4 is 46.1 Å². The lowest BCUT2D eigenvalue weighted by Gasteiger charge is -2.24. The molecule has 8 nitrogen and oxygen atoms in total. The van der Waals surface area contributed by atoms with Gasteiger partial charge in [0.25, 0.3) is 17.2 Å². The molecule has 0 aliphatic heterocycles. The second-order valence-corrected chi connectivity index (χ2v) is 8.57. The highest BCUT2D eigenvalue weighted by Gasteiger charge is 2.23. The van der Waals surface area contributed by atoms with Crippen LogP contribution in [0.25, 0.3) is 0 Å². The van der Waals surface area contributed by atoms with Crippen molar-refractivity contribution in [2.75, 3.05) is 10.8 Å². The average Bonchev–Trinajstić information content (AvgIpc) is 2.77. The van der Waals surface area contributed by atoms with Crippen molar-refractivity contribution in [3.63, 3.8) is 0 Å². The lowest BCUT2D eigenvalue weighted by molar-refractivity contribution is -0.136. The summed E-state index contributed by atoms with van der Waals surface area (Å²) in [6.45, 7) is 4.09. The van der Waals surface area contributed by atoms with E-state index >= 15 is 0 Å². The Labute approximate surface area is 204 Å². The normalized spacial score (nSPS) is 11.5. The fourth-order valence-electron chi connectivity index (χ4n) is 3.19. The fraction of sp³-hybridized carbons (Fsp3) is 0.167. The van der Waals surface area contributed by atoms with Crippen molar-refractivity contribution in [3.05, 3.63) is 82.4 Å². The molecule has 0 bridgehead atoms. The van der Waals surface area contributed by atoms with Crippen LogP contribution in [-0.4, -0.2) is 32.3 Å². The molecule has 0 aliphatic rings. The largest absolute Gasteiger partial charge is 0.481 e. The van der Waals surface area contributed by atoms with Gasteiger partial charge in [0.05, 0.1) is 17.1 Å². The molecule has 0 radical (unpaired) electrons. The maximum atomic E-state index is 12.4. The summed E-state index contributed by atoms with van der Waals surface area (Å²) < 4.78 is 29.7. The lowest BCUT2D eigenvalue weighted by atomic mass is 10.1. The Kier molecular flexibility index (Phi) is 8.27. The van der Waals surface area contributed by atoms with Gasteiger partial charge in [-0.25, -0.2) is 8.51 Å². The molecule has 1 amide bonds. The monoisotopic (exact) mass is 502 g/mol. The summed E-state index contributed by atoms with van der Waals surface area (Å²) in [5, 5.41) is 11.9. The predicted molar refractivity (Wildman–Crippen MR) is 131 cm³/mol. The molecule has 3 aromatic rings. The molecular formula is C24H23ClN2O6S. The molecule has 34 heavy (non-hydrogen) atoms. The molecule has 1 atom stereocenters. The van der Waals surface area contributed by atoms with E-state index in [-0.39, 0.29) is 40.1 Å². The topological polar surface area (TPSA) is 116 Å². The van der Waals surface area contributed by atoms with Crippen LogP contribution in [0.3, 0.4) is 0 Å². The first-order chi connectivity index (χ1) is 16.2. The van der Waals surface area contributed by atoms with Gasteiger partial charge >= 0.3 is 5.97 Å². The summed E-state index contributed by atoms with van der Waals surface area (Å²) in [4.78, 5) is 23.4. The number of nitrogens with one attached hydrogen (secondary N) is 1. The van der Waals surface area contributed by atoms with Gasteiger partial charge in [0.15, 0.2) is 5.75 Å². The van der Waals surface area contributed by atoms with Gasteiger partial charge in [-0.3, -0.25) is 14.1 Å². The Bertz CT molecular complexity index is 1230. The highest BCUT2D eigenvalue weighted by atomic mass is 35.5. The number of carbonyl (C=O) groups is 2. The van der Waals surface area contributed by atoms with E-state index < -0.39 is 17.2 Å². The number of halogens is 1. The molecule has 10 heteroatoms. The number of carbonyl (C=O) groups excluding carboxylic acids is 1. The Morgan fingerprint density at radius 1 is 1.06 bits per heavy atom. The van der Waals surface area contributed by atoms with E-state index in [0.29, 0.717) is 17.8 Å². The van der Waals surface area contributed by atoms with Crippen LogP contribution in [0.5, 0.6) is 11.5 Å². The number of carboxylic acids is 1. The smallest absolute Gasteiger partial charge is 0.307 e. The number of rotatable bonds is 9. The van der Waals surface area contributed by atoms with Crippen LogP contribution in [0, 0.1) is 6.92 Å². The molecular weight excluding hydrogens is 480 g/mol. The molecule has 0 fully saturated rings. The number of ether oxygens (including phenoxy) is 1. The quantitative estimate of drug-likeness (QED) is 0.351. The Morgan fingerprint density at radius 3 is 2.32 bits per heavy atom. The van der Waals surface area contributed by atoms with Gasteiger partial charge in [-0.15, -0.1) is 0 Å². The van der Waals surface area contributed by atoms with Crippen molar-refractivity contribution in [3.8, 4) is 11.5 Å². The number of nitrogens with zero attached hydrogens (tertiary/aromatic N) is 1. The summed E-state index contributed by atoms with van der Waals surface area (Å²) in [5.74, 6) is -0.953. The zero-order valence-corrected chi connectivity index (χ0v) is 20.0. The molecule has 0 heterocycles. The number of hydrogen-bond acceptors (Lipinski definition) is 4. The van der Waals surface area contributed by atoms with Crippen molar-refractivity contribution in [1.29, 1.82) is 0 Å². The molecule has 3 N–H and O–H groups in total. The van der Waals surface area contributed by atoms with Crippen LogP contribution in [-0.2, 0) is 22.5 Å². The van der Waals surface area contributed by atoms with E-state index in [1.54, 1.807) is 37.3 Å². The summed E-state index contributed by atoms with van der Waals surface area (Å²) in [6.07, 6.45) is -0.197. The van der Waals surface area contributed by atoms with Crippen molar-refractivity contribution < 1.29 is 28.2 Å². The van der Waals surface area contributed by atoms with E-state index in [2.05, 4.69) is 5.32 Å². The summed E-state index contributed by atoms with van der Waals surface area (Å²) >= 11 is 3.81. The van der Waals surface area contributed by atoms with Gasteiger partial charge in [-0.2, -0.15) is 0 Å². The number of anilines is 2. The number of hydrogen-bond donors (Lipinski definition) is 3. The molecule has 3 aromatic carbocycles. The summed E-state index contributed by atoms with van der Waals surface area (Å²) in [7, 11) is 0. The van der Waals surface area contributed by atoms with Gasteiger partial charge in [0.1, 0.15) is 11.4 Å². The predicted octanol–water partition coefficient (Wildman–Crippen LogP) is 5.09. The number of carboxylic acid groups (broad SMARTS) is 1. The molecule has 0 saturated heterocycles. The van der Waals surface area contributed by atoms with E-state index in [1.165, 1.54) is 30.3 Å². The van der Waals surface area contributed by atoms with E-state index in [4.69, 9.17) is 21.4 Å². The molecule has 0 aliphatic carbocycles. The molecule has 0 aromatic heterocycles. The van der Waals surface area contributed by atoms with Crippen LogP contribution in [0.15, 0.2) is 60.7 Å². The lowest BCUT2D eigenvalue weighted by Crippen LogP contribution is -2.24. The van der Waals surface area contributed by atoms with Crippen LogP contribution in [0.2, 0.25) is 5.02 Å². The number of aryl methyl sites for hydroxylation is 1. The molecule has 178 valence electrons. The molecule has 1 unspecified atom stereocenters. The third kappa shape index (κ3) is 6.13. The van der Waals surface area contributed by atoms with Crippen molar-refractivity contribution in [2.24, 2.45) is 0 Å². The van der Waals surface area contributed by atoms with E-state index in [0.717, 1.165) is 9.87 Å². The number of benzene rings is 3. The van der Waals surface area contributed by atoms with Gasteiger partial charge in [0, 0.05) is 12.1 Å². The fourth-order valence-corrected chi connectivity index (χ4v) is 4.04. The van der Waals surface area contributed by atoms with Crippen LogP contribution in [0.4, 0.5) is 11.4 Å². The zero-order valence-electron chi connectivity index (χ0n) is 18.4. The molecule has 0 saturated carbocycles. The van der Waals surface area contributed by atoms with Crippen molar-refractivity contribution in [1.82, 2.24) is 5.32 Å². The zero-order chi connectivity index (χ0) is 24.8. The number of amides is 1. The van der Waals surface area contributed by atoms with Crippen LogP contribution in [0.1, 0.15) is 28.4 Å².